The van der Waals surface area contributed by atoms with Gasteiger partial charge in [-0.15, -0.1) is 11.3 Å². The topological polar surface area (TPSA) is 49.9 Å². The van der Waals surface area contributed by atoms with Crippen LogP contribution in [0.25, 0.3) is 0 Å². The second-order valence-corrected chi connectivity index (χ2v) is 8.48. The van der Waals surface area contributed by atoms with E-state index in [1.807, 2.05) is 26.0 Å². The Labute approximate surface area is 182 Å². The van der Waals surface area contributed by atoms with Crippen LogP contribution in [0.2, 0.25) is 0 Å². The number of amides is 2. The highest BCUT2D eigenvalue weighted by atomic mass is 32.1. The molecule has 5 nitrogen and oxygen atoms in total. The van der Waals surface area contributed by atoms with E-state index in [0.29, 0.717) is 45.7 Å². The molecule has 1 aromatic heterocycles. The Morgan fingerprint density at radius 3 is 2.33 bits per heavy atom. The number of carbonyl (C=O) groups excluding carboxylic acids is 2. The minimum Gasteiger partial charge on any atom is -0.382 e. The minimum atomic E-state index is -0.306. The van der Waals surface area contributed by atoms with Gasteiger partial charge in [-0.3, -0.25) is 9.59 Å². The molecule has 0 saturated heterocycles. The summed E-state index contributed by atoms with van der Waals surface area (Å²) in [6, 6.07) is 10.2. The van der Waals surface area contributed by atoms with Crippen LogP contribution >= 0.6 is 11.3 Å². The van der Waals surface area contributed by atoms with Crippen LogP contribution in [0.4, 0.5) is 4.39 Å². The largest absolute Gasteiger partial charge is 0.382 e. The lowest BCUT2D eigenvalue weighted by atomic mass is 10.2. The molecule has 0 spiro atoms. The molecule has 0 unspecified atom stereocenters. The first kappa shape index (κ1) is 24.0. The zero-order valence-electron chi connectivity index (χ0n) is 18.0. The van der Waals surface area contributed by atoms with Crippen LogP contribution in [0.3, 0.4) is 0 Å². The van der Waals surface area contributed by atoms with Crippen molar-refractivity contribution in [1.29, 1.82) is 0 Å². The third-order valence-electron chi connectivity index (χ3n) is 4.68. The molecular formula is C23H31FN2O3S. The third kappa shape index (κ3) is 7.88. The number of benzene rings is 1. The molecule has 0 aliphatic heterocycles. The molecule has 2 aromatic rings. The van der Waals surface area contributed by atoms with Crippen LogP contribution in [0.1, 0.15) is 42.0 Å². The van der Waals surface area contributed by atoms with Crippen molar-refractivity contribution < 1.29 is 18.7 Å². The van der Waals surface area contributed by atoms with Gasteiger partial charge in [0.25, 0.3) is 0 Å². The Balaban J connectivity index is 2.11. The second-order valence-electron chi connectivity index (χ2n) is 7.11. The maximum atomic E-state index is 13.3. The predicted molar refractivity (Wildman–Crippen MR) is 118 cm³/mol. The maximum Gasteiger partial charge on any atom is 0.242 e. The van der Waals surface area contributed by atoms with Crippen molar-refractivity contribution in [2.45, 2.75) is 46.7 Å². The summed E-state index contributed by atoms with van der Waals surface area (Å²) in [6.45, 7) is 8.29. The molecule has 0 bridgehead atoms. The number of carbonyl (C=O) groups is 2. The van der Waals surface area contributed by atoms with Gasteiger partial charge in [-0.05, 0) is 50.1 Å². The lowest BCUT2D eigenvalue weighted by Crippen LogP contribution is -2.42. The van der Waals surface area contributed by atoms with Gasteiger partial charge in [-0.2, -0.15) is 0 Å². The summed E-state index contributed by atoms with van der Waals surface area (Å²) in [5, 5.41) is 0. The summed E-state index contributed by atoms with van der Waals surface area (Å²) in [4.78, 5) is 31.1. The van der Waals surface area contributed by atoms with Crippen LogP contribution in [-0.4, -0.2) is 47.9 Å². The van der Waals surface area contributed by atoms with Gasteiger partial charge in [0.05, 0.1) is 13.1 Å². The van der Waals surface area contributed by atoms with Gasteiger partial charge in [0.15, 0.2) is 0 Å². The summed E-state index contributed by atoms with van der Waals surface area (Å²) in [5.74, 6) is -0.475. The molecule has 0 saturated carbocycles. The first-order chi connectivity index (χ1) is 14.4. The van der Waals surface area contributed by atoms with E-state index in [0.717, 1.165) is 10.4 Å². The van der Waals surface area contributed by atoms with Crippen molar-refractivity contribution in [1.82, 2.24) is 9.80 Å². The van der Waals surface area contributed by atoms with Crippen molar-refractivity contribution in [3.05, 3.63) is 57.5 Å². The summed E-state index contributed by atoms with van der Waals surface area (Å²) >= 11 is 1.64. The number of rotatable bonds is 12. The fraction of sp³-hybridized carbons (Fsp3) is 0.478. The fourth-order valence-corrected chi connectivity index (χ4v) is 3.99. The van der Waals surface area contributed by atoms with Gasteiger partial charge < -0.3 is 14.5 Å². The Hall–Kier alpha value is -2.25. The van der Waals surface area contributed by atoms with Gasteiger partial charge in [-0.1, -0.05) is 19.1 Å². The second kappa shape index (κ2) is 12.4. The molecule has 0 N–H and O–H groups in total. The minimum absolute atomic E-state index is 0.0321. The summed E-state index contributed by atoms with van der Waals surface area (Å²) in [6.07, 6.45) is 1.04. The fourth-order valence-electron chi connectivity index (χ4n) is 3.08. The molecule has 7 heteroatoms. The molecule has 0 aliphatic carbocycles. The highest BCUT2D eigenvalue weighted by Crippen LogP contribution is 2.19. The summed E-state index contributed by atoms with van der Waals surface area (Å²) < 4.78 is 18.6. The number of thiophene rings is 1. The van der Waals surface area contributed by atoms with Crippen molar-refractivity contribution in [3.8, 4) is 0 Å². The highest BCUT2D eigenvalue weighted by molar-refractivity contribution is 7.11. The Morgan fingerprint density at radius 2 is 1.73 bits per heavy atom. The molecule has 164 valence electrons. The van der Waals surface area contributed by atoms with E-state index >= 15 is 0 Å². The van der Waals surface area contributed by atoms with Crippen molar-refractivity contribution in [2.24, 2.45) is 0 Å². The molecule has 0 aliphatic rings. The molecular weight excluding hydrogens is 403 g/mol. The van der Waals surface area contributed by atoms with Crippen LogP contribution in [0, 0.1) is 12.7 Å². The zero-order chi connectivity index (χ0) is 21.9. The van der Waals surface area contributed by atoms with Crippen LogP contribution < -0.4 is 0 Å². The third-order valence-corrected chi connectivity index (χ3v) is 5.67. The normalized spacial score (nSPS) is 10.8. The average molecular weight is 435 g/mol. The number of hydrogen-bond acceptors (Lipinski definition) is 4. The summed E-state index contributed by atoms with van der Waals surface area (Å²) in [5.41, 5.74) is 0.850. The molecule has 1 heterocycles. The standard InChI is InChI=1S/C23H31FN2O3S/c1-4-22(27)25(13-6-14-29-5-2)17-23(28)26(16-21-12-7-18(3)30-21)15-19-8-10-20(24)11-9-19/h7-12H,4-6,13-17H2,1-3H3. The molecule has 0 atom stereocenters. The van der Waals surface area contributed by atoms with E-state index in [2.05, 4.69) is 0 Å². The number of hydrogen-bond donors (Lipinski definition) is 0. The van der Waals surface area contributed by atoms with Crippen LogP contribution in [0.15, 0.2) is 36.4 Å². The van der Waals surface area contributed by atoms with E-state index in [4.69, 9.17) is 4.74 Å². The van der Waals surface area contributed by atoms with Crippen molar-refractivity contribution in [2.75, 3.05) is 26.3 Å². The van der Waals surface area contributed by atoms with E-state index in [9.17, 15) is 14.0 Å². The number of halogens is 1. The van der Waals surface area contributed by atoms with Crippen LogP contribution in [-0.2, 0) is 27.4 Å². The number of aryl methyl sites for hydroxylation is 1. The maximum absolute atomic E-state index is 13.3. The first-order valence-electron chi connectivity index (χ1n) is 10.4. The highest BCUT2D eigenvalue weighted by Gasteiger charge is 2.21. The van der Waals surface area contributed by atoms with E-state index in [-0.39, 0.29) is 24.2 Å². The molecule has 0 fully saturated rings. The van der Waals surface area contributed by atoms with Gasteiger partial charge >= 0.3 is 0 Å². The summed E-state index contributed by atoms with van der Waals surface area (Å²) in [7, 11) is 0. The van der Waals surface area contributed by atoms with E-state index < -0.39 is 0 Å². The van der Waals surface area contributed by atoms with E-state index in [1.165, 1.54) is 17.0 Å². The molecule has 1 aromatic carbocycles. The van der Waals surface area contributed by atoms with Crippen molar-refractivity contribution >= 4 is 23.2 Å². The monoisotopic (exact) mass is 434 g/mol. The molecule has 2 rings (SSSR count). The molecule has 0 radical (unpaired) electrons. The Kier molecular flexibility index (Phi) is 9.97. The Morgan fingerprint density at radius 1 is 1.00 bits per heavy atom. The lowest BCUT2D eigenvalue weighted by Gasteiger charge is -2.27. The van der Waals surface area contributed by atoms with Crippen LogP contribution in [0.5, 0.6) is 0 Å². The lowest BCUT2D eigenvalue weighted by molar-refractivity contribution is -0.141. The predicted octanol–water partition coefficient (Wildman–Crippen LogP) is 4.39. The quantitative estimate of drug-likeness (QED) is 0.466. The average Bonchev–Trinajstić information content (AvgIpc) is 3.15. The first-order valence-corrected chi connectivity index (χ1v) is 11.2. The van der Waals surface area contributed by atoms with Gasteiger partial charge in [0.2, 0.25) is 11.8 Å². The van der Waals surface area contributed by atoms with Gasteiger partial charge in [0.1, 0.15) is 5.82 Å². The number of ether oxygens (including phenoxy) is 1. The SMILES string of the molecule is CCOCCCN(CC(=O)N(Cc1ccc(F)cc1)Cc1ccc(C)s1)C(=O)CC. The van der Waals surface area contributed by atoms with Gasteiger partial charge in [0, 0.05) is 42.5 Å². The Bertz CT molecular complexity index is 807. The zero-order valence-corrected chi connectivity index (χ0v) is 18.8. The van der Waals surface area contributed by atoms with Gasteiger partial charge in [-0.25, -0.2) is 4.39 Å². The van der Waals surface area contributed by atoms with E-state index in [1.54, 1.807) is 40.2 Å². The smallest absolute Gasteiger partial charge is 0.242 e. The molecule has 30 heavy (non-hydrogen) atoms. The number of nitrogens with zero attached hydrogens (tertiary/aromatic N) is 2. The molecule has 2 amide bonds. The van der Waals surface area contributed by atoms with Crippen molar-refractivity contribution in [3.63, 3.8) is 0 Å².